The Morgan fingerprint density at radius 2 is 2.07 bits per heavy atom. The molecule has 0 spiro atoms. The van der Waals surface area contributed by atoms with E-state index in [-0.39, 0.29) is 29.0 Å². The molecular weight excluding hydrogens is 392 g/mol. The summed E-state index contributed by atoms with van der Waals surface area (Å²) >= 11 is 1.47. The summed E-state index contributed by atoms with van der Waals surface area (Å²) < 4.78 is 26.2. The number of hydrogen-bond acceptors (Lipinski definition) is 5. The van der Waals surface area contributed by atoms with Crippen LogP contribution in [0.25, 0.3) is 10.2 Å². The van der Waals surface area contributed by atoms with Crippen LogP contribution in [0.5, 0.6) is 0 Å². The Labute approximate surface area is 168 Å². The van der Waals surface area contributed by atoms with E-state index in [1.54, 1.807) is 18.2 Å². The van der Waals surface area contributed by atoms with Crippen LogP contribution in [0.1, 0.15) is 41.4 Å². The third-order valence-electron chi connectivity index (χ3n) is 5.13. The van der Waals surface area contributed by atoms with Crippen molar-refractivity contribution in [1.29, 1.82) is 0 Å². The number of rotatable bonds is 5. The van der Waals surface area contributed by atoms with Crippen molar-refractivity contribution in [3.8, 4) is 0 Å². The van der Waals surface area contributed by atoms with Gasteiger partial charge >= 0.3 is 0 Å². The van der Waals surface area contributed by atoms with E-state index in [4.69, 9.17) is 0 Å². The van der Waals surface area contributed by atoms with Gasteiger partial charge in [-0.05, 0) is 55.5 Å². The number of thiazole rings is 1. The summed E-state index contributed by atoms with van der Waals surface area (Å²) in [5.41, 5.74) is 3.21. The number of aromatic nitrogens is 1. The van der Waals surface area contributed by atoms with Crippen LogP contribution in [0.4, 0.5) is 0 Å². The summed E-state index contributed by atoms with van der Waals surface area (Å²) in [5.74, 6) is -0.420. The SMILES string of the molecule is Cc1nc2ccc(S(=O)(=O)CCC(=O)NC3CCCc4ccccc43)cc2s1. The van der Waals surface area contributed by atoms with E-state index in [0.717, 1.165) is 40.1 Å². The highest BCUT2D eigenvalue weighted by Gasteiger charge is 2.23. The van der Waals surface area contributed by atoms with Crippen LogP contribution in [0.15, 0.2) is 47.4 Å². The highest BCUT2D eigenvalue weighted by molar-refractivity contribution is 7.91. The highest BCUT2D eigenvalue weighted by Crippen LogP contribution is 2.29. The molecule has 1 atom stereocenters. The van der Waals surface area contributed by atoms with E-state index in [0.29, 0.717) is 0 Å². The molecule has 1 heterocycles. The summed E-state index contributed by atoms with van der Waals surface area (Å²) in [6.07, 6.45) is 2.89. The van der Waals surface area contributed by atoms with Gasteiger partial charge in [-0.2, -0.15) is 0 Å². The fourth-order valence-corrected chi connectivity index (χ4v) is 5.93. The predicted octanol–water partition coefficient (Wildman–Crippen LogP) is 3.96. The minimum atomic E-state index is -3.52. The average molecular weight is 415 g/mol. The van der Waals surface area contributed by atoms with E-state index in [2.05, 4.69) is 16.4 Å². The van der Waals surface area contributed by atoms with Crippen LogP contribution in [0.3, 0.4) is 0 Å². The van der Waals surface area contributed by atoms with Gasteiger partial charge in [0.25, 0.3) is 0 Å². The van der Waals surface area contributed by atoms with Crippen molar-refractivity contribution in [3.63, 3.8) is 0 Å². The fourth-order valence-electron chi connectivity index (χ4n) is 3.73. The Morgan fingerprint density at radius 3 is 2.93 bits per heavy atom. The largest absolute Gasteiger partial charge is 0.349 e. The minimum absolute atomic E-state index is 0.0309. The number of benzene rings is 2. The van der Waals surface area contributed by atoms with Crippen LogP contribution < -0.4 is 5.32 Å². The molecule has 1 N–H and O–H groups in total. The molecule has 146 valence electrons. The lowest BCUT2D eigenvalue weighted by Gasteiger charge is -2.26. The smallest absolute Gasteiger partial charge is 0.221 e. The number of carbonyl (C=O) groups excluding carboxylic acids is 1. The fraction of sp³-hybridized carbons (Fsp3) is 0.333. The zero-order chi connectivity index (χ0) is 19.7. The Balaban J connectivity index is 1.42. The molecule has 0 saturated heterocycles. The zero-order valence-electron chi connectivity index (χ0n) is 15.6. The normalized spacial score (nSPS) is 16.7. The van der Waals surface area contributed by atoms with Crippen LogP contribution in [0, 0.1) is 6.92 Å². The molecule has 1 unspecified atom stereocenters. The third kappa shape index (κ3) is 3.95. The first kappa shape index (κ1) is 19.1. The Morgan fingerprint density at radius 1 is 1.25 bits per heavy atom. The molecule has 7 heteroatoms. The molecule has 0 bridgehead atoms. The van der Waals surface area contributed by atoms with Gasteiger partial charge in [0, 0.05) is 6.42 Å². The first-order valence-electron chi connectivity index (χ1n) is 9.39. The number of fused-ring (bicyclic) bond motifs is 2. The molecular formula is C21H22N2O3S2. The van der Waals surface area contributed by atoms with E-state index in [9.17, 15) is 13.2 Å². The molecule has 1 aliphatic carbocycles. The zero-order valence-corrected chi connectivity index (χ0v) is 17.3. The molecule has 1 amide bonds. The molecule has 5 nitrogen and oxygen atoms in total. The third-order valence-corrected chi connectivity index (χ3v) is 7.78. The van der Waals surface area contributed by atoms with E-state index in [1.807, 2.05) is 25.1 Å². The van der Waals surface area contributed by atoms with Gasteiger partial charge in [-0.3, -0.25) is 4.79 Å². The number of nitrogens with zero attached hydrogens (tertiary/aromatic N) is 1. The maximum Gasteiger partial charge on any atom is 0.221 e. The van der Waals surface area contributed by atoms with Gasteiger partial charge in [-0.1, -0.05) is 24.3 Å². The van der Waals surface area contributed by atoms with Crippen molar-refractivity contribution in [1.82, 2.24) is 10.3 Å². The van der Waals surface area contributed by atoms with Crippen LogP contribution in [-0.4, -0.2) is 25.1 Å². The van der Waals surface area contributed by atoms with Crippen molar-refractivity contribution in [2.45, 2.75) is 43.5 Å². The number of amides is 1. The predicted molar refractivity (Wildman–Crippen MR) is 111 cm³/mol. The molecule has 2 aromatic carbocycles. The summed E-state index contributed by atoms with van der Waals surface area (Å²) in [7, 11) is -3.52. The van der Waals surface area contributed by atoms with Crippen molar-refractivity contribution in [2.24, 2.45) is 0 Å². The Kier molecular flexibility index (Phi) is 5.21. The van der Waals surface area contributed by atoms with Crippen LogP contribution in [-0.2, 0) is 21.1 Å². The van der Waals surface area contributed by atoms with Gasteiger partial charge in [0.2, 0.25) is 5.91 Å². The number of hydrogen-bond donors (Lipinski definition) is 1. The lowest BCUT2D eigenvalue weighted by Crippen LogP contribution is -2.32. The lowest BCUT2D eigenvalue weighted by molar-refractivity contribution is -0.121. The molecule has 3 aromatic rings. The van der Waals surface area contributed by atoms with Crippen molar-refractivity contribution in [2.75, 3.05) is 5.75 Å². The van der Waals surface area contributed by atoms with E-state index < -0.39 is 9.84 Å². The molecule has 1 aromatic heterocycles. The summed E-state index contributed by atoms with van der Waals surface area (Å²) in [4.78, 5) is 17.0. The summed E-state index contributed by atoms with van der Waals surface area (Å²) in [6, 6.07) is 13.1. The topological polar surface area (TPSA) is 76.1 Å². The Bertz CT molecular complexity index is 1140. The first-order valence-corrected chi connectivity index (χ1v) is 11.9. The van der Waals surface area contributed by atoms with Crippen LogP contribution >= 0.6 is 11.3 Å². The van der Waals surface area contributed by atoms with Gasteiger partial charge in [0.05, 0.1) is 31.9 Å². The molecule has 1 aliphatic rings. The van der Waals surface area contributed by atoms with Gasteiger partial charge in [-0.15, -0.1) is 11.3 Å². The van der Waals surface area contributed by atoms with Gasteiger partial charge in [0.15, 0.2) is 9.84 Å². The van der Waals surface area contributed by atoms with Crippen molar-refractivity contribution >= 4 is 37.3 Å². The van der Waals surface area contributed by atoms with Gasteiger partial charge < -0.3 is 5.32 Å². The minimum Gasteiger partial charge on any atom is -0.349 e. The number of sulfone groups is 1. The van der Waals surface area contributed by atoms with Gasteiger partial charge in [-0.25, -0.2) is 13.4 Å². The maximum atomic E-state index is 12.7. The number of carbonyl (C=O) groups is 1. The second-order valence-corrected chi connectivity index (χ2v) is 10.5. The molecule has 28 heavy (non-hydrogen) atoms. The van der Waals surface area contributed by atoms with Crippen molar-refractivity contribution in [3.05, 3.63) is 58.6 Å². The molecule has 0 saturated carbocycles. The molecule has 0 aliphatic heterocycles. The molecule has 4 rings (SSSR count). The average Bonchev–Trinajstić information content (AvgIpc) is 3.06. The molecule has 0 fully saturated rings. The summed E-state index contributed by atoms with van der Waals surface area (Å²) in [6.45, 7) is 1.90. The standard InChI is InChI=1S/C21H22N2O3S2/c1-14-22-19-10-9-16(13-20(19)27-14)28(25,26)12-11-21(24)23-18-8-4-6-15-5-2-3-7-17(15)18/h2-3,5,7,9-10,13,18H,4,6,8,11-12H2,1H3,(H,23,24). The lowest BCUT2D eigenvalue weighted by atomic mass is 9.88. The number of aryl methyl sites for hydroxylation is 2. The molecule has 0 radical (unpaired) electrons. The van der Waals surface area contributed by atoms with E-state index >= 15 is 0 Å². The monoisotopic (exact) mass is 414 g/mol. The second kappa shape index (κ2) is 7.64. The van der Waals surface area contributed by atoms with Gasteiger partial charge in [0.1, 0.15) is 0 Å². The van der Waals surface area contributed by atoms with Crippen LogP contribution in [0.2, 0.25) is 0 Å². The maximum absolute atomic E-state index is 12.7. The Hall–Kier alpha value is -2.25. The number of nitrogens with one attached hydrogen (secondary N) is 1. The van der Waals surface area contributed by atoms with E-state index in [1.165, 1.54) is 16.9 Å². The highest BCUT2D eigenvalue weighted by atomic mass is 32.2. The first-order chi connectivity index (χ1) is 13.4. The summed E-state index contributed by atoms with van der Waals surface area (Å²) in [5, 5.41) is 3.92. The second-order valence-electron chi connectivity index (χ2n) is 7.14. The quantitative estimate of drug-likeness (QED) is 0.686. The van der Waals surface area contributed by atoms with Crippen molar-refractivity contribution < 1.29 is 13.2 Å².